The molecule has 2 aliphatic rings. The molecule has 0 aromatic rings. The number of amides is 1. The summed E-state index contributed by atoms with van der Waals surface area (Å²) in [6.45, 7) is 0.723. The first-order chi connectivity index (χ1) is 8.16. The largest absolute Gasteiger partial charge is 0.481 e. The van der Waals surface area contributed by atoms with Crippen LogP contribution in [0.15, 0.2) is 0 Å². The number of ether oxygens (including phenoxy) is 1. The number of aliphatic carboxylic acids is 1. The van der Waals surface area contributed by atoms with Gasteiger partial charge in [-0.2, -0.15) is 0 Å². The van der Waals surface area contributed by atoms with Crippen LogP contribution < -0.4 is 5.32 Å². The van der Waals surface area contributed by atoms with Crippen molar-refractivity contribution < 1.29 is 19.4 Å². The van der Waals surface area contributed by atoms with Crippen LogP contribution in [0.5, 0.6) is 0 Å². The lowest BCUT2D eigenvalue weighted by Crippen LogP contribution is -2.41. The van der Waals surface area contributed by atoms with Gasteiger partial charge in [0.15, 0.2) is 0 Å². The number of rotatable bonds is 6. The lowest BCUT2D eigenvalue weighted by Gasteiger charge is -2.19. The molecule has 0 aromatic carbocycles. The second-order valence-electron chi connectivity index (χ2n) is 4.88. The predicted molar refractivity (Wildman–Crippen MR) is 60.5 cm³/mol. The van der Waals surface area contributed by atoms with E-state index in [1.165, 1.54) is 12.8 Å². The van der Waals surface area contributed by atoms with Crippen LogP contribution in [0.1, 0.15) is 38.5 Å². The van der Waals surface area contributed by atoms with Gasteiger partial charge in [0.2, 0.25) is 5.91 Å². The lowest BCUT2D eigenvalue weighted by atomic mass is 10.1. The molecule has 2 N–H and O–H groups in total. The second kappa shape index (κ2) is 5.49. The van der Waals surface area contributed by atoms with Gasteiger partial charge >= 0.3 is 5.97 Å². The van der Waals surface area contributed by atoms with Crippen LogP contribution >= 0.6 is 0 Å². The normalized spacial score (nSPS) is 28.0. The fraction of sp³-hybridized carbons (Fsp3) is 0.833. The van der Waals surface area contributed by atoms with E-state index in [9.17, 15) is 9.59 Å². The Bertz CT molecular complexity index is 301. The van der Waals surface area contributed by atoms with Crippen LogP contribution in [0.25, 0.3) is 0 Å². The van der Waals surface area contributed by atoms with Crippen molar-refractivity contribution in [1.82, 2.24) is 5.32 Å². The number of hydrogen-bond acceptors (Lipinski definition) is 3. The van der Waals surface area contributed by atoms with E-state index in [4.69, 9.17) is 9.84 Å². The van der Waals surface area contributed by atoms with Crippen molar-refractivity contribution in [3.8, 4) is 0 Å². The molecule has 2 rings (SSSR count). The third-order valence-electron chi connectivity index (χ3n) is 3.36. The van der Waals surface area contributed by atoms with E-state index in [-0.39, 0.29) is 24.5 Å². The van der Waals surface area contributed by atoms with E-state index in [2.05, 4.69) is 5.32 Å². The average molecular weight is 241 g/mol. The maximum atomic E-state index is 11.6. The molecule has 1 saturated heterocycles. The van der Waals surface area contributed by atoms with Gasteiger partial charge < -0.3 is 15.2 Å². The van der Waals surface area contributed by atoms with Crippen LogP contribution in [0.4, 0.5) is 0 Å². The third kappa shape index (κ3) is 3.70. The molecule has 17 heavy (non-hydrogen) atoms. The summed E-state index contributed by atoms with van der Waals surface area (Å²) < 4.78 is 5.62. The molecule has 0 spiro atoms. The van der Waals surface area contributed by atoms with Gasteiger partial charge in [-0.1, -0.05) is 0 Å². The minimum absolute atomic E-state index is 0.0487. The Labute approximate surface area is 101 Å². The summed E-state index contributed by atoms with van der Waals surface area (Å²) in [5, 5.41) is 11.4. The van der Waals surface area contributed by atoms with E-state index < -0.39 is 5.97 Å². The summed E-state index contributed by atoms with van der Waals surface area (Å²) in [6.07, 6.45) is 4.24. The van der Waals surface area contributed by atoms with Crippen molar-refractivity contribution in [3.63, 3.8) is 0 Å². The van der Waals surface area contributed by atoms with Gasteiger partial charge in [-0.3, -0.25) is 9.59 Å². The number of hydrogen-bond donors (Lipinski definition) is 2. The smallest absolute Gasteiger partial charge is 0.303 e. The van der Waals surface area contributed by atoms with Crippen LogP contribution in [-0.4, -0.2) is 35.7 Å². The molecule has 0 bridgehead atoms. The van der Waals surface area contributed by atoms with Gasteiger partial charge in [0, 0.05) is 19.4 Å². The van der Waals surface area contributed by atoms with Crippen molar-refractivity contribution >= 4 is 11.9 Å². The van der Waals surface area contributed by atoms with Crippen LogP contribution in [-0.2, 0) is 14.3 Å². The fourth-order valence-corrected chi connectivity index (χ4v) is 2.33. The van der Waals surface area contributed by atoms with Crippen LogP contribution in [0, 0.1) is 5.92 Å². The Hall–Kier alpha value is -1.10. The van der Waals surface area contributed by atoms with Crippen molar-refractivity contribution in [2.45, 2.75) is 50.7 Å². The molecule has 96 valence electrons. The molecule has 1 amide bonds. The first-order valence-corrected chi connectivity index (χ1v) is 6.29. The molecule has 2 unspecified atom stereocenters. The van der Waals surface area contributed by atoms with E-state index in [1.54, 1.807) is 0 Å². The van der Waals surface area contributed by atoms with Crippen molar-refractivity contribution in [3.05, 3.63) is 0 Å². The monoisotopic (exact) mass is 241 g/mol. The predicted octanol–water partition coefficient (Wildman–Crippen LogP) is 0.925. The minimum Gasteiger partial charge on any atom is -0.481 e. The molecule has 5 nitrogen and oxygen atoms in total. The zero-order chi connectivity index (χ0) is 12.3. The third-order valence-corrected chi connectivity index (χ3v) is 3.36. The summed E-state index contributed by atoms with van der Waals surface area (Å²) in [4.78, 5) is 21.9. The molecule has 2 atom stereocenters. The van der Waals surface area contributed by atoms with Crippen LogP contribution in [0.2, 0.25) is 0 Å². The highest BCUT2D eigenvalue weighted by atomic mass is 16.5. The Balaban J connectivity index is 1.68. The number of carboxylic acids is 1. The summed E-state index contributed by atoms with van der Waals surface area (Å²) >= 11 is 0. The van der Waals surface area contributed by atoms with Gasteiger partial charge in [-0.05, 0) is 31.6 Å². The molecular formula is C12H19NO4. The minimum atomic E-state index is -0.849. The van der Waals surface area contributed by atoms with Gasteiger partial charge in [-0.15, -0.1) is 0 Å². The maximum Gasteiger partial charge on any atom is 0.303 e. The highest BCUT2D eigenvalue weighted by molar-refractivity contribution is 5.77. The number of carbonyl (C=O) groups is 2. The van der Waals surface area contributed by atoms with E-state index >= 15 is 0 Å². The molecule has 0 aromatic heterocycles. The van der Waals surface area contributed by atoms with Crippen LogP contribution in [0.3, 0.4) is 0 Å². The Morgan fingerprint density at radius 2 is 2.00 bits per heavy atom. The topological polar surface area (TPSA) is 75.6 Å². The zero-order valence-electron chi connectivity index (χ0n) is 9.85. The Morgan fingerprint density at radius 3 is 2.65 bits per heavy atom. The Kier molecular flexibility index (Phi) is 3.99. The quantitative estimate of drug-likeness (QED) is 0.725. The van der Waals surface area contributed by atoms with E-state index in [0.29, 0.717) is 18.8 Å². The van der Waals surface area contributed by atoms with E-state index in [1.807, 2.05) is 0 Å². The lowest BCUT2D eigenvalue weighted by molar-refractivity contribution is -0.137. The van der Waals surface area contributed by atoms with Crippen molar-refractivity contribution in [2.75, 3.05) is 6.61 Å². The summed E-state index contributed by atoms with van der Waals surface area (Å²) in [5.74, 6) is -0.271. The molecule has 5 heteroatoms. The molecule has 0 radical (unpaired) electrons. The molecule has 1 saturated carbocycles. The SMILES string of the molecule is O=C(O)CCCC(=O)NC1CCOC1C1CC1. The molecule has 1 heterocycles. The first kappa shape index (κ1) is 12.4. The van der Waals surface area contributed by atoms with Gasteiger partial charge in [-0.25, -0.2) is 0 Å². The maximum absolute atomic E-state index is 11.6. The van der Waals surface area contributed by atoms with Crippen molar-refractivity contribution in [1.29, 1.82) is 0 Å². The number of nitrogens with one attached hydrogen (secondary N) is 1. The molecule has 1 aliphatic carbocycles. The van der Waals surface area contributed by atoms with E-state index in [0.717, 1.165) is 13.0 Å². The first-order valence-electron chi connectivity index (χ1n) is 6.29. The fourth-order valence-electron chi connectivity index (χ4n) is 2.33. The molecule has 2 fully saturated rings. The average Bonchev–Trinajstić information content (AvgIpc) is 3.00. The zero-order valence-corrected chi connectivity index (χ0v) is 9.85. The van der Waals surface area contributed by atoms with Gasteiger partial charge in [0.05, 0.1) is 12.1 Å². The standard InChI is InChI=1S/C12H19NO4/c14-10(2-1-3-11(15)16)13-9-6-7-17-12(9)8-4-5-8/h8-9,12H,1-7H2,(H,13,14)(H,15,16). The number of carboxylic acid groups (broad SMARTS) is 1. The van der Waals surface area contributed by atoms with Gasteiger partial charge in [0.1, 0.15) is 0 Å². The summed E-state index contributed by atoms with van der Waals surface area (Å²) in [7, 11) is 0. The molecule has 1 aliphatic heterocycles. The second-order valence-corrected chi connectivity index (χ2v) is 4.88. The molecular weight excluding hydrogens is 222 g/mol. The highest BCUT2D eigenvalue weighted by Gasteiger charge is 2.41. The summed E-state index contributed by atoms with van der Waals surface area (Å²) in [6, 6.07) is 0.139. The van der Waals surface area contributed by atoms with Crippen molar-refractivity contribution in [2.24, 2.45) is 5.92 Å². The highest BCUT2D eigenvalue weighted by Crippen LogP contribution is 2.38. The van der Waals surface area contributed by atoms with Gasteiger partial charge in [0.25, 0.3) is 0 Å². The Morgan fingerprint density at radius 1 is 1.24 bits per heavy atom. The summed E-state index contributed by atoms with van der Waals surface area (Å²) in [5.41, 5.74) is 0. The number of carbonyl (C=O) groups excluding carboxylic acids is 1.